The van der Waals surface area contributed by atoms with Gasteiger partial charge in [-0.05, 0) is 55.3 Å². The SMILES string of the molecule is Nc1nc(-c2c(O)cccc2OCc2ccc(Br)cc2)cc(C2CCCNC2)n1. The number of hydrogen-bond acceptors (Lipinski definition) is 6. The van der Waals surface area contributed by atoms with Gasteiger partial charge in [0, 0.05) is 16.9 Å². The van der Waals surface area contributed by atoms with E-state index < -0.39 is 0 Å². The molecule has 150 valence electrons. The molecule has 6 nitrogen and oxygen atoms in total. The smallest absolute Gasteiger partial charge is 0.220 e. The van der Waals surface area contributed by atoms with E-state index in [0.717, 1.165) is 41.7 Å². The third-order valence-corrected chi connectivity index (χ3v) is 5.58. The summed E-state index contributed by atoms with van der Waals surface area (Å²) in [4.78, 5) is 8.83. The normalized spacial score (nSPS) is 16.5. The predicted octanol–water partition coefficient (Wildman–Crippen LogP) is 4.24. The summed E-state index contributed by atoms with van der Waals surface area (Å²) in [6, 6.07) is 15.0. The molecule has 7 heteroatoms. The highest BCUT2D eigenvalue weighted by atomic mass is 79.9. The highest BCUT2D eigenvalue weighted by Crippen LogP contribution is 2.38. The molecule has 1 aliphatic heterocycles. The molecule has 3 aromatic rings. The largest absolute Gasteiger partial charge is 0.507 e. The van der Waals surface area contributed by atoms with Crippen molar-refractivity contribution in [1.82, 2.24) is 15.3 Å². The molecule has 0 bridgehead atoms. The molecule has 2 heterocycles. The molecular formula is C22H23BrN4O2. The van der Waals surface area contributed by atoms with Crippen LogP contribution in [-0.2, 0) is 6.61 Å². The number of nitrogen functional groups attached to an aromatic ring is 1. The number of phenols is 1. The van der Waals surface area contributed by atoms with Crippen LogP contribution in [0.15, 0.2) is 53.0 Å². The van der Waals surface area contributed by atoms with Crippen LogP contribution in [0, 0.1) is 0 Å². The Balaban J connectivity index is 1.65. The minimum absolute atomic E-state index is 0.101. The van der Waals surface area contributed by atoms with Gasteiger partial charge in [-0.15, -0.1) is 0 Å². The van der Waals surface area contributed by atoms with Crippen LogP contribution in [0.4, 0.5) is 5.95 Å². The van der Waals surface area contributed by atoms with Crippen LogP contribution in [-0.4, -0.2) is 28.2 Å². The van der Waals surface area contributed by atoms with Crippen LogP contribution in [0.25, 0.3) is 11.3 Å². The zero-order chi connectivity index (χ0) is 20.2. The van der Waals surface area contributed by atoms with Crippen molar-refractivity contribution in [3.63, 3.8) is 0 Å². The lowest BCUT2D eigenvalue weighted by Crippen LogP contribution is -2.29. The van der Waals surface area contributed by atoms with E-state index >= 15 is 0 Å². The third kappa shape index (κ3) is 4.68. The zero-order valence-corrected chi connectivity index (χ0v) is 17.5. The minimum Gasteiger partial charge on any atom is -0.507 e. The van der Waals surface area contributed by atoms with Crippen molar-refractivity contribution in [2.24, 2.45) is 0 Å². The van der Waals surface area contributed by atoms with E-state index in [4.69, 9.17) is 10.5 Å². The first-order valence-electron chi connectivity index (χ1n) is 9.65. The fraction of sp³-hybridized carbons (Fsp3) is 0.273. The molecule has 1 unspecified atom stereocenters. The molecule has 4 rings (SSSR count). The number of aromatic hydroxyl groups is 1. The van der Waals surface area contributed by atoms with Crippen molar-refractivity contribution in [1.29, 1.82) is 0 Å². The first kappa shape index (κ1) is 19.7. The van der Waals surface area contributed by atoms with Crippen molar-refractivity contribution in [2.45, 2.75) is 25.4 Å². The van der Waals surface area contributed by atoms with E-state index in [9.17, 15) is 5.11 Å². The number of ether oxygens (including phenoxy) is 1. The maximum absolute atomic E-state index is 10.6. The second-order valence-corrected chi connectivity index (χ2v) is 8.06. The quantitative estimate of drug-likeness (QED) is 0.533. The molecule has 0 radical (unpaired) electrons. The fourth-order valence-electron chi connectivity index (χ4n) is 3.57. The van der Waals surface area contributed by atoms with Crippen molar-refractivity contribution in [3.05, 3.63) is 64.3 Å². The fourth-order valence-corrected chi connectivity index (χ4v) is 3.83. The maximum atomic E-state index is 10.6. The van der Waals surface area contributed by atoms with Gasteiger partial charge in [-0.25, -0.2) is 9.97 Å². The third-order valence-electron chi connectivity index (χ3n) is 5.05. The summed E-state index contributed by atoms with van der Waals surface area (Å²) in [5, 5.41) is 14.0. The summed E-state index contributed by atoms with van der Waals surface area (Å²) < 4.78 is 7.05. The van der Waals surface area contributed by atoms with E-state index in [1.165, 1.54) is 0 Å². The lowest BCUT2D eigenvalue weighted by Gasteiger charge is -2.23. The number of rotatable bonds is 5. The molecule has 29 heavy (non-hydrogen) atoms. The molecule has 0 spiro atoms. The lowest BCUT2D eigenvalue weighted by atomic mass is 9.94. The molecular weight excluding hydrogens is 432 g/mol. The van der Waals surface area contributed by atoms with Gasteiger partial charge in [0.2, 0.25) is 5.95 Å². The molecule has 1 aliphatic rings. The van der Waals surface area contributed by atoms with E-state index in [2.05, 4.69) is 31.2 Å². The molecule has 1 atom stereocenters. The van der Waals surface area contributed by atoms with E-state index in [1.54, 1.807) is 12.1 Å². The zero-order valence-electron chi connectivity index (χ0n) is 15.9. The number of hydrogen-bond donors (Lipinski definition) is 3. The summed E-state index contributed by atoms with van der Waals surface area (Å²) in [6.45, 7) is 2.27. The lowest BCUT2D eigenvalue weighted by molar-refractivity contribution is 0.306. The van der Waals surface area contributed by atoms with Crippen LogP contribution in [0.5, 0.6) is 11.5 Å². The Morgan fingerprint density at radius 1 is 1.17 bits per heavy atom. The van der Waals surface area contributed by atoms with Gasteiger partial charge in [-0.3, -0.25) is 0 Å². The van der Waals surface area contributed by atoms with Crippen LogP contribution in [0.2, 0.25) is 0 Å². The number of nitrogens with zero attached hydrogens (tertiary/aromatic N) is 2. The number of phenolic OH excluding ortho intramolecular Hbond substituents is 1. The standard InChI is InChI=1S/C22H23BrN4O2/c23-16-8-6-14(7-9-16)13-29-20-5-1-4-19(28)21(20)18-11-17(26-22(24)27-18)15-3-2-10-25-12-15/h1,4-9,11,15,25,28H,2-3,10,12-13H2,(H2,24,26,27). The van der Waals surface area contributed by atoms with Gasteiger partial charge in [0.05, 0.1) is 17.0 Å². The highest BCUT2D eigenvalue weighted by Gasteiger charge is 2.21. The van der Waals surface area contributed by atoms with E-state index in [-0.39, 0.29) is 17.6 Å². The Kier molecular flexibility index (Phi) is 5.97. The van der Waals surface area contributed by atoms with E-state index in [1.807, 2.05) is 36.4 Å². The number of aromatic nitrogens is 2. The second-order valence-electron chi connectivity index (χ2n) is 7.14. The number of nitrogens with one attached hydrogen (secondary N) is 1. The number of benzene rings is 2. The van der Waals surface area contributed by atoms with Gasteiger partial charge in [0.25, 0.3) is 0 Å². The summed E-state index contributed by atoms with van der Waals surface area (Å²) >= 11 is 3.44. The Bertz CT molecular complexity index is 989. The summed E-state index contributed by atoms with van der Waals surface area (Å²) in [7, 11) is 0. The Labute approximate surface area is 178 Å². The van der Waals surface area contributed by atoms with Crippen molar-refractivity contribution < 1.29 is 9.84 Å². The summed E-state index contributed by atoms with van der Waals surface area (Å²) in [5.74, 6) is 1.14. The second kappa shape index (κ2) is 8.80. The van der Waals surface area contributed by atoms with Crippen LogP contribution < -0.4 is 15.8 Å². The molecule has 0 aliphatic carbocycles. The number of halogens is 1. The molecule has 1 aromatic heterocycles. The van der Waals surface area contributed by atoms with Crippen LogP contribution in [0.3, 0.4) is 0 Å². The first-order chi connectivity index (χ1) is 14.1. The van der Waals surface area contributed by atoms with Gasteiger partial charge in [0.1, 0.15) is 18.1 Å². The van der Waals surface area contributed by atoms with Crippen molar-refractivity contribution in [3.8, 4) is 22.8 Å². The molecule has 0 saturated carbocycles. The van der Waals surface area contributed by atoms with Gasteiger partial charge < -0.3 is 20.9 Å². The Morgan fingerprint density at radius 3 is 2.76 bits per heavy atom. The van der Waals surface area contributed by atoms with Crippen LogP contribution >= 0.6 is 15.9 Å². The number of anilines is 1. The highest BCUT2D eigenvalue weighted by molar-refractivity contribution is 9.10. The topological polar surface area (TPSA) is 93.3 Å². The summed E-state index contributed by atoms with van der Waals surface area (Å²) in [5.41, 5.74) is 9.03. The molecule has 0 amide bonds. The Hall–Kier alpha value is -2.64. The van der Waals surface area contributed by atoms with Crippen molar-refractivity contribution in [2.75, 3.05) is 18.8 Å². The average Bonchev–Trinajstić information content (AvgIpc) is 2.73. The minimum atomic E-state index is 0.101. The predicted molar refractivity (Wildman–Crippen MR) is 117 cm³/mol. The van der Waals surface area contributed by atoms with Crippen LogP contribution in [0.1, 0.15) is 30.0 Å². The average molecular weight is 455 g/mol. The van der Waals surface area contributed by atoms with Crippen molar-refractivity contribution >= 4 is 21.9 Å². The van der Waals surface area contributed by atoms with Gasteiger partial charge in [-0.1, -0.05) is 34.1 Å². The maximum Gasteiger partial charge on any atom is 0.220 e. The molecule has 1 saturated heterocycles. The molecule has 4 N–H and O–H groups in total. The monoisotopic (exact) mass is 454 g/mol. The molecule has 1 fully saturated rings. The van der Waals surface area contributed by atoms with Gasteiger partial charge >= 0.3 is 0 Å². The van der Waals surface area contributed by atoms with Gasteiger partial charge in [-0.2, -0.15) is 0 Å². The van der Waals surface area contributed by atoms with Gasteiger partial charge in [0.15, 0.2) is 0 Å². The number of piperidine rings is 1. The molecule has 2 aromatic carbocycles. The van der Waals surface area contributed by atoms with E-state index in [0.29, 0.717) is 23.6 Å². The Morgan fingerprint density at radius 2 is 2.00 bits per heavy atom. The number of nitrogens with two attached hydrogens (primary N) is 1. The summed E-state index contributed by atoms with van der Waals surface area (Å²) in [6.07, 6.45) is 2.15. The first-order valence-corrected chi connectivity index (χ1v) is 10.4.